The summed E-state index contributed by atoms with van der Waals surface area (Å²) < 4.78 is 5.36. The van der Waals surface area contributed by atoms with Crippen LogP contribution in [0.1, 0.15) is 26.7 Å². The lowest BCUT2D eigenvalue weighted by molar-refractivity contribution is -0.139. The van der Waals surface area contributed by atoms with Crippen LogP contribution < -0.4 is 0 Å². The molecule has 0 bridgehead atoms. The number of esters is 1. The summed E-state index contributed by atoms with van der Waals surface area (Å²) >= 11 is 0. The molecule has 0 saturated carbocycles. The minimum absolute atomic E-state index is 0.0594. The van der Waals surface area contributed by atoms with Crippen LogP contribution in [0.25, 0.3) is 0 Å². The Morgan fingerprint density at radius 1 is 1.33 bits per heavy atom. The highest BCUT2D eigenvalue weighted by molar-refractivity contribution is 6.08. The summed E-state index contributed by atoms with van der Waals surface area (Å²) in [6.45, 7) is 7.81. The number of ether oxygens (including phenoxy) is 1. The number of hydrogen-bond donors (Lipinski definition) is 0. The molecule has 0 aromatic carbocycles. The predicted octanol–water partition coefficient (Wildman–Crippen LogP) is 2.34. The van der Waals surface area contributed by atoms with Gasteiger partial charge in [-0.15, -0.1) is 0 Å². The van der Waals surface area contributed by atoms with E-state index in [1.807, 2.05) is 13.8 Å². The summed E-state index contributed by atoms with van der Waals surface area (Å²) in [7, 11) is 0. The zero-order valence-corrected chi connectivity index (χ0v) is 10.7. The Hall–Kier alpha value is -1.64. The minimum Gasteiger partial charge on any atom is -0.458 e. The zero-order chi connectivity index (χ0) is 13.0. The third kappa shape index (κ3) is 1.43. The third-order valence-electron chi connectivity index (χ3n) is 4.40. The van der Waals surface area contributed by atoms with Gasteiger partial charge in [-0.25, -0.2) is 4.79 Å². The van der Waals surface area contributed by atoms with E-state index in [0.29, 0.717) is 12.0 Å². The Labute approximate surface area is 106 Å². The van der Waals surface area contributed by atoms with Crippen molar-refractivity contribution in [2.24, 2.45) is 11.8 Å². The standard InChI is InChI=1S/C15H16O3/c1-7-4-12(16)14-8(2)5-13-11(6-10(7)14)9(3)15(17)18-13/h4,10-11,13H,3,5-6H2,1-2H3/t10-,11+,13+/m0/s1. The highest BCUT2D eigenvalue weighted by Crippen LogP contribution is 2.45. The van der Waals surface area contributed by atoms with Gasteiger partial charge in [0.05, 0.1) is 0 Å². The molecular formula is C15H16O3. The summed E-state index contributed by atoms with van der Waals surface area (Å²) in [5.41, 5.74) is 3.65. The maximum Gasteiger partial charge on any atom is 0.334 e. The SMILES string of the molecule is C=C1C(=O)O[C@@H]2CC(C)=C3C(=O)C=C(C)[C@@H]3C[C@H]12. The number of carbonyl (C=O) groups excluding carboxylic acids is 2. The molecule has 0 amide bonds. The van der Waals surface area contributed by atoms with Crippen LogP contribution >= 0.6 is 0 Å². The summed E-state index contributed by atoms with van der Waals surface area (Å²) in [6.07, 6.45) is 3.04. The van der Waals surface area contributed by atoms with Gasteiger partial charge in [0.15, 0.2) is 5.78 Å². The first kappa shape index (κ1) is 11.5. The molecule has 0 radical (unpaired) electrons. The van der Waals surface area contributed by atoms with E-state index in [2.05, 4.69) is 6.58 Å². The molecule has 3 atom stereocenters. The van der Waals surface area contributed by atoms with Crippen molar-refractivity contribution < 1.29 is 14.3 Å². The molecule has 3 aliphatic rings. The van der Waals surface area contributed by atoms with Gasteiger partial charge in [0, 0.05) is 29.4 Å². The highest BCUT2D eigenvalue weighted by Gasteiger charge is 2.45. The lowest BCUT2D eigenvalue weighted by Gasteiger charge is -2.17. The summed E-state index contributed by atoms with van der Waals surface area (Å²) in [5.74, 6) is 0.0714. The van der Waals surface area contributed by atoms with Crippen molar-refractivity contribution in [3.05, 3.63) is 34.9 Å². The van der Waals surface area contributed by atoms with E-state index in [1.165, 1.54) is 0 Å². The first-order valence-corrected chi connectivity index (χ1v) is 6.31. The number of allylic oxidation sites excluding steroid dienone is 3. The second kappa shape index (κ2) is 3.67. The van der Waals surface area contributed by atoms with Crippen molar-refractivity contribution in [2.75, 3.05) is 0 Å². The van der Waals surface area contributed by atoms with E-state index in [4.69, 9.17) is 4.74 Å². The van der Waals surface area contributed by atoms with Crippen LogP contribution in [0.15, 0.2) is 34.9 Å². The van der Waals surface area contributed by atoms with E-state index < -0.39 is 0 Å². The van der Waals surface area contributed by atoms with Crippen molar-refractivity contribution in [2.45, 2.75) is 32.8 Å². The van der Waals surface area contributed by atoms with Gasteiger partial charge in [0.25, 0.3) is 0 Å². The van der Waals surface area contributed by atoms with Crippen molar-refractivity contribution >= 4 is 11.8 Å². The van der Waals surface area contributed by atoms with E-state index in [0.717, 1.165) is 23.1 Å². The summed E-state index contributed by atoms with van der Waals surface area (Å²) in [5, 5.41) is 0. The quantitative estimate of drug-likeness (QED) is 0.485. The highest BCUT2D eigenvalue weighted by atomic mass is 16.6. The maximum atomic E-state index is 12.0. The first-order chi connectivity index (χ1) is 8.49. The van der Waals surface area contributed by atoms with Gasteiger partial charge in [-0.1, -0.05) is 17.7 Å². The second-order valence-electron chi connectivity index (χ2n) is 5.51. The molecule has 1 fully saturated rings. The molecule has 94 valence electrons. The smallest absolute Gasteiger partial charge is 0.334 e. The normalized spacial score (nSPS) is 35.1. The summed E-state index contributed by atoms with van der Waals surface area (Å²) in [4.78, 5) is 23.6. The third-order valence-corrected chi connectivity index (χ3v) is 4.40. The lowest BCUT2D eigenvalue weighted by atomic mass is 9.84. The molecule has 1 saturated heterocycles. The van der Waals surface area contributed by atoms with Gasteiger partial charge < -0.3 is 4.74 Å². The molecule has 1 heterocycles. The number of ketones is 1. The molecule has 3 heteroatoms. The molecule has 0 aromatic heterocycles. The Kier molecular flexibility index (Phi) is 2.34. The van der Waals surface area contributed by atoms with Gasteiger partial charge in [-0.2, -0.15) is 0 Å². The number of rotatable bonds is 0. The summed E-state index contributed by atoms with van der Waals surface area (Å²) in [6, 6.07) is 0. The van der Waals surface area contributed by atoms with Crippen molar-refractivity contribution in [3.8, 4) is 0 Å². The molecule has 3 rings (SSSR count). The van der Waals surface area contributed by atoms with E-state index in [9.17, 15) is 9.59 Å². The molecule has 0 aromatic rings. The number of carbonyl (C=O) groups is 2. The Bertz CT molecular complexity index is 536. The Morgan fingerprint density at radius 3 is 2.78 bits per heavy atom. The van der Waals surface area contributed by atoms with Crippen LogP contribution in [0.5, 0.6) is 0 Å². The van der Waals surface area contributed by atoms with Gasteiger partial charge in [0.2, 0.25) is 0 Å². The average molecular weight is 244 g/mol. The van der Waals surface area contributed by atoms with Crippen molar-refractivity contribution in [1.82, 2.24) is 0 Å². The largest absolute Gasteiger partial charge is 0.458 e. The molecule has 0 unspecified atom stereocenters. The lowest BCUT2D eigenvalue weighted by Crippen LogP contribution is -2.17. The Balaban J connectivity index is 2.03. The monoisotopic (exact) mass is 244 g/mol. The fourth-order valence-electron chi connectivity index (χ4n) is 3.41. The van der Waals surface area contributed by atoms with Gasteiger partial charge in [0.1, 0.15) is 6.10 Å². The van der Waals surface area contributed by atoms with Gasteiger partial charge >= 0.3 is 5.97 Å². The van der Waals surface area contributed by atoms with Crippen LogP contribution in [-0.4, -0.2) is 17.9 Å². The van der Waals surface area contributed by atoms with Gasteiger partial charge in [-0.3, -0.25) is 4.79 Å². The predicted molar refractivity (Wildman–Crippen MR) is 66.7 cm³/mol. The van der Waals surface area contributed by atoms with Crippen LogP contribution in [0.3, 0.4) is 0 Å². The number of fused-ring (bicyclic) bond motifs is 2. The minimum atomic E-state index is -0.271. The van der Waals surface area contributed by atoms with E-state index in [1.54, 1.807) is 6.08 Å². The molecule has 1 aliphatic heterocycles. The van der Waals surface area contributed by atoms with Crippen LogP contribution in [0, 0.1) is 11.8 Å². The van der Waals surface area contributed by atoms with Crippen LogP contribution in [-0.2, 0) is 14.3 Å². The van der Waals surface area contributed by atoms with E-state index in [-0.39, 0.29) is 29.7 Å². The fraction of sp³-hybridized carbons (Fsp3) is 0.467. The number of hydrogen-bond acceptors (Lipinski definition) is 3. The van der Waals surface area contributed by atoms with Crippen molar-refractivity contribution in [1.29, 1.82) is 0 Å². The molecule has 3 nitrogen and oxygen atoms in total. The average Bonchev–Trinajstić information content (AvgIpc) is 2.65. The van der Waals surface area contributed by atoms with Gasteiger partial charge in [-0.05, 0) is 26.3 Å². The van der Waals surface area contributed by atoms with Crippen molar-refractivity contribution in [3.63, 3.8) is 0 Å². The molecular weight excluding hydrogens is 228 g/mol. The second-order valence-corrected chi connectivity index (χ2v) is 5.51. The Morgan fingerprint density at radius 2 is 2.06 bits per heavy atom. The molecule has 0 N–H and O–H groups in total. The fourth-order valence-corrected chi connectivity index (χ4v) is 3.41. The molecule has 0 spiro atoms. The maximum absolute atomic E-state index is 12.0. The van der Waals surface area contributed by atoms with Crippen LogP contribution in [0.2, 0.25) is 0 Å². The topological polar surface area (TPSA) is 43.4 Å². The zero-order valence-electron chi connectivity index (χ0n) is 10.7. The first-order valence-electron chi connectivity index (χ1n) is 6.31. The molecule has 18 heavy (non-hydrogen) atoms. The van der Waals surface area contributed by atoms with Crippen LogP contribution in [0.4, 0.5) is 0 Å². The molecule has 2 aliphatic carbocycles. The van der Waals surface area contributed by atoms with E-state index >= 15 is 0 Å².